The molecular weight excluding hydrogens is 528 g/mol. The van der Waals surface area contributed by atoms with Crippen molar-refractivity contribution in [1.29, 1.82) is 0 Å². The first-order valence-corrected chi connectivity index (χ1v) is 14.7. The smallest absolute Gasteiger partial charge is 0.253 e. The van der Waals surface area contributed by atoms with Gasteiger partial charge in [0.2, 0.25) is 15.9 Å². The monoisotopic (exact) mass is 562 g/mol. The highest BCUT2D eigenvalue weighted by molar-refractivity contribution is 7.89. The largest absolute Gasteiger partial charge is 0.495 e. The molecule has 9 nitrogen and oxygen atoms in total. The number of likely N-dealkylation sites (N-methyl/N-ethyl adjacent to an activating group) is 1. The van der Waals surface area contributed by atoms with Crippen molar-refractivity contribution < 1.29 is 22.7 Å². The van der Waals surface area contributed by atoms with Crippen LogP contribution in [0.15, 0.2) is 47.4 Å². The van der Waals surface area contributed by atoms with E-state index in [9.17, 15) is 18.0 Å². The summed E-state index contributed by atoms with van der Waals surface area (Å²) < 4.78 is 33.8. The summed E-state index contributed by atoms with van der Waals surface area (Å²) >= 11 is 6.21. The van der Waals surface area contributed by atoms with Crippen molar-refractivity contribution in [1.82, 2.24) is 14.1 Å². The molecule has 38 heavy (non-hydrogen) atoms. The second-order valence-electron chi connectivity index (χ2n) is 9.86. The number of amides is 2. The van der Waals surface area contributed by atoms with Gasteiger partial charge < -0.3 is 19.9 Å². The van der Waals surface area contributed by atoms with Crippen LogP contribution in [0.4, 0.5) is 5.69 Å². The van der Waals surface area contributed by atoms with Crippen LogP contribution in [0.2, 0.25) is 5.02 Å². The zero-order valence-electron chi connectivity index (χ0n) is 21.9. The molecule has 4 rings (SSSR count). The molecule has 0 bridgehead atoms. The van der Waals surface area contributed by atoms with Gasteiger partial charge in [0.15, 0.2) is 0 Å². The first-order chi connectivity index (χ1) is 18.2. The fourth-order valence-corrected chi connectivity index (χ4v) is 6.94. The Morgan fingerprint density at radius 2 is 1.68 bits per heavy atom. The molecule has 0 aromatic heterocycles. The van der Waals surface area contributed by atoms with Gasteiger partial charge in [-0.2, -0.15) is 4.31 Å². The van der Waals surface area contributed by atoms with Gasteiger partial charge in [-0.05, 0) is 62.4 Å². The number of methoxy groups -OCH3 is 1. The molecule has 0 unspecified atom stereocenters. The summed E-state index contributed by atoms with van der Waals surface area (Å²) in [6.45, 7) is 2.71. The van der Waals surface area contributed by atoms with E-state index in [2.05, 4.69) is 10.2 Å². The van der Waals surface area contributed by atoms with E-state index in [1.807, 2.05) is 11.9 Å². The van der Waals surface area contributed by atoms with Crippen molar-refractivity contribution >= 4 is 39.1 Å². The van der Waals surface area contributed by atoms with Crippen LogP contribution < -0.4 is 10.1 Å². The van der Waals surface area contributed by atoms with Gasteiger partial charge in [0, 0.05) is 43.5 Å². The molecule has 11 heteroatoms. The lowest BCUT2D eigenvalue weighted by Gasteiger charge is -2.33. The zero-order valence-corrected chi connectivity index (χ0v) is 23.4. The van der Waals surface area contributed by atoms with Gasteiger partial charge in [0.25, 0.3) is 5.91 Å². The lowest BCUT2D eigenvalue weighted by atomic mass is 9.95. The fourth-order valence-electron chi connectivity index (χ4n) is 4.95. The van der Waals surface area contributed by atoms with E-state index in [1.54, 1.807) is 24.3 Å². The van der Waals surface area contributed by atoms with Crippen molar-refractivity contribution in [3.63, 3.8) is 0 Å². The maximum absolute atomic E-state index is 13.7. The number of nitrogens with one attached hydrogen (secondary N) is 1. The lowest BCUT2D eigenvalue weighted by Crippen LogP contribution is -2.47. The molecule has 2 aliphatic rings. The molecule has 206 valence electrons. The van der Waals surface area contributed by atoms with Gasteiger partial charge in [-0.1, -0.05) is 30.9 Å². The van der Waals surface area contributed by atoms with Crippen LogP contribution in [-0.2, 0) is 14.8 Å². The second kappa shape index (κ2) is 12.5. The van der Waals surface area contributed by atoms with Crippen molar-refractivity contribution in [2.24, 2.45) is 0 Å². The number of carbonyl (C=O) groups is 2. The Kier molecular flexibility index (Phi) is 9.30. The Labute approximate surface area is 229 Å². The number of ether oxygens (including phenoxy) is 1. The first-order valence-electron chi connectivity index (χ1n) is 12.9. The number of hydrogen-bond acceptors (Lipinski definition) is 6. The van der Waals surface area contributed by atoms with Crippen LogP contribution in [0.25, 0.3) is 0 Å². The molecule has 1 N–H and O–H groups in total. The normalized spacial score (nSPS) is 17.4. The summed E-state index contributed by atoms with van der Waals surface area (Å²) in [5.41, 5.74) is 1.05. The van der Waals surface area contributed by atoms with Gasteiger partial charge in [0.1, 0.15) is 5.75 Å². The van der Waals surface area contributed by atoms with Crippen LogP contribution in [0.3, 0.4) is 0 Å². The zero-order chi connectivity index (χ0) is 27.3. The molecule has 0 spiro atoms. The van der Waals surface area contributed by atoms with Crippen LogP contribution in [0.5, 0.6) is 5.75 Å². The van der Waals surface area contributed by atoms with Crippen molar-refractivity contribution in [2.45, 2.75) is 43.0 Å². The Morgan fingerprint density at radius 3 is 2.29 bits per heavy atom. The molecular formula is C27H35ClN4O5S. The first kappa shape index (κ1) is 28.4. The van der Waals surface area contributed by atoms with Crippen molar-refractivity contribution in [3.05, 3.63) is 53.1 Å². The molecule has 2 fully saturated rings. The quantitative estimate of drug-likeness (QED) is 0.527. The van der Waals surface area contributed by atoms with Crippen molar-refractivity contribution in [2.75, 3.05) is 52.2 Å². The van der Waals surface area contributed by atoms with Gasteiger partial charge in [-0.3, -0.25) is 9.59 Å². The Bertz CT molecular complexity index is 1240. The summed E-state index contributed by atoms with van der Waals surface area (Å²) in [6, 6.07) is 10.8. The molecule has 1 aliphatic carbocycles. The molecule has 1 saturated heterocycles. The number of rotatable bonds is 8. The predicted octanol–water partition coefficient (Wildman–Crippen LogP) is 3.70. The highest BCUT2D eigenvalue weighted by atomic mass is 35.5. The summed E-state index contributed by atoms with van der Waals surface area (Å²) in [5, 5.41) is 2.98. The summed E-state index contributed by atoms with van der Waals surface area (Å²) in [6.07, 6.45) is 4.25. The number of nitrogens with zero attached hydrogens (tertiary/aromatic N) is 3. The topological polar surface area (TPSA) is 99.3 Å². The number of benzene rings is 2. The third-order valence-corrected chi connectivity index (χ3v) is 9.41. The average Bonchev–Trinajstić information content (AvgIpc) is 2.92. The van der Waals surface area contributed by atoms with E-state index >= 15 is 0 Å². The van der Waals surface area contributed by atoms with Crippen LogP contribution >= 0.6 is 11.6 Å². The number of hydrogen-bond donors (Lipinski definition) is 1. The fraction of sp³-hybridized carbons (Fsp3) is 0.481. The Morgan fingerprint density at radius 1 is 1.03 bits per heavy atom. The molecule has 1 saturated carbocycles. The molecule has 0 atom stereocenters. The van der Waals surface area contributed by atoms with Gasteiger partial charge in [-0.25, -0.2) is 8.42 Å². The van der Waals surface area contributed by atoms with E-state index in [0.29, 0.717) is 42.9 Å². The van der Waals surface area contributed by atoms with Crippen LogP contribution in [0, 0.1) is 0 Å². The number of halogens is 1. The van der Waals surface area contributed by atoms with Gasteiger partial charge >= 0.3 is 0 Å². The molecule has 2 aromatic rings. The van der Waals surface area contributed by atoms with E-state index in [0.717, 1.165) is 32.4 Å². The molecule has 2 amide bonds. The van der Waals surface area contributed by atoms with E-state index in [1.165, 1.54) is 29.6 Å². The third kappa shape index (κ3) is 6.66. The molecule has 1 heterocycles. The molecule has 2 aromatic carbocycles. The minimum absolute atomic E-state index is 0.0217. The predicted molar refractivity (Wildman–Crippen MR) is 147 cm³/mol. The number of sulfonamides is 1. The molecule has 0 radical (unpaired) electrons. The van der Waals surface area contributed by atoms with Crippen LogP contribution in [0.1, 0.15) is 42.5 Å². The maximum atomic E-state index is 13.7. The number of carbonyl (C=O) groups excluding carboxylic acids is 2. The highest BCUT2D eigenvalue weighted by Gasteiger charge is 2.34. The third-order valence-electron chi connectivity index (χ3n) is 7.22. The van der Waals surface area contributed by atoms with Crippen molar-refractivity contribution in [3.8, 4) is 5.75 Å². The van der Waals surface area contributed by atoms with E-state index in [4.69, 9.17) is 16.3 Å². The number of piperazine rings is 1. The van der Waals surface area contributed by atoms with Crippen LogP contribution in [-0.4, -0.2) is 87.3 Å². The standard InChI is InChI=1S/C27H35ClN4O5S/c1-30-14-16-31(17-15-30)27(34)20-8-10-21(11-9-20)29-26(33)19-32(22-6-4-3-5-7-22)38(35,36)23-12-13-25(37-2)24(28)18-23/h8-13,18,22H,3-7,14-17,19H2,1-2H3,(H,29,33). The van der Waals surface area contributed by atoms with Gasteiger partial charge in [-0.15, -0.1) is 0 Å². The van der Waals surface area contributed by atoms with Gasteiger partial charge in [0.05, 0.1) is 23.6 Å². The lowest BCUT2D eigenvalue weighted by molar-refractivity contribution is -0.116. The summed E-state index contributed by atoms with van der Waals surface area (Å²) in [7, 11) is -0.496. The number of anilines is 1. The minimum atomic E-state index is -3.99. The summed E-state index contributed by atoms with van der Waals surface area (Å²) in [4.78, 5) is 29.9. The maximum Gasteiger partial charge on any atom is 0.253 e. The Balaban J connectivity index is 1.47. The second-order valence-corrected chi connectivity index (χ2v) is 12.2. The van der Waals surface area contributed by atoms with E-state index in [-0.39, 0.29) is 28.4 Å². The highest BCUT2D eigenvalue weighted by Crippen LogP contribution is 2.32. The SMILES string of the molecule is COc1ccc(S(=O)(=O)N(CC(=O)Nc2ccc(C(=O)N3CCN(C)CC3)cc2)C2CCCCC2)cc1Cl. The molecule has 1 aliphatic heterocycles. The summed E-state index contributed by atoms with van der Waals surface area (Å²) in [5.74, 6) is -0.109. The average molecular weight is 563 g/mol. The van der Waals surface area contributed by atoms with E-state index < -0.39 is 15.9 Å². The Hall–Kier alpha value is -2.66. The minimum Gasteiger partial charge on any atom is -0.495 e.